The number of anilines is 2. The maximum Gasteiger partial charge on any atom is 0.340 e. The van der Waals surface area contributed by atoms with Gasteiger partial charge in [-0.25, -0.2) is 13.6 Å². The zero-order chi connectivity index (χ0) is 24.8. The Balaban J connectivity index is 1.67. The molecule has 0 heterocycles. The second-order valence-corrected chi connectivity index (χ2v) is 7.08. The molecule has 2 N–H and O–H groups in total. The molecule has 3 aromatic carbocycles. The molecule has 3 rings (SSSR count). The fraction of sp³-hybridized carbons (Fsp3) is 0.0455. The number of nitro benzene ring substituents is 1. The van der Waals surface area contributed by atoms with Crippen LogP contribution in [0.1, 0.15) is 20.7 Å². The van der Waals surface area contributed by atoms with Gasteiger partial charge in [0.2, 0.25) is 0 Å². The van der Waals surface area contributed by atoms with Crippen molar-refractivity contribution in [1.82, 2.24) is 0 Å². The van der Waals surface area contributed by atoms with Gasteiger partial charge in [0.1, 0.15) is 11.6 Å². The molecular formula is C22H14ClF2N3O6. The van der Waals surface area contributed by atoms with Crippen molar-refractivity contribution in [2.75, 3.05) is 17.2 Å². The minimum absolute atomic E-state index is 0.0249. The topological polar surface area (TPSA) is 128 Å². The Hall–Kier alpha value is -4.38. The number of carbonyl (C=O) groups excluding carboxylic acids is 3. The van der Waals surface area contributed by atoms with Gasteiger partial charge in [0, 0.05) is 18.2 Å². The van der Waals surface area contributed by atoms with Crippen LogP contribution in [0, 0.1) is 21.7 Å². The van der Waals surface area contributed by atoms with Crippen molar-refractivity contribution in [3.8, 4) is 0 Å². The summed E-state index contributed by atoms with van der Waals surface area (Å²) in [5.74, 6) is -4.42. The number of non-ortho nitro benzene ring substituents is 1. The van der Waals surface area contributed by atoms with Crippen LogP contribution in [0.2, 0.25) is 5.02 Å². The Labute approximate surface area is 195 Å². The molecule has 12 heteroatoms. The van der Waals surface area contributed by atoms with Crippen LogP contribution < -0.4 is 10.6 Å². The molecule has 9 nitrogen and oxygen atoms in total. The van der Waals surface area contributed by atoms with Crippen LogP contribution in [0.5, 0.6) is 0 Å². The summed E-state index contributed by atoms with van der Waals surface area (Å²) in [6.07, 6.45) is 0. The van der Waals surface area contributed by atoms with Crippen molar-refractivity contribution >= 4 is 46.4 Å². The monoisotopic (exact) mass is 489 g/mol. The Bertz CT molecular complexity index is 1300. The number of hydrogen-bond acceptors (Lipinski definition) is 6. The number of nitrogens with zero attached hydrogens (tertiary/aromatic N) is 1. The van der Waals surface area contributed by atoms with Crippen molar-refractivity contribution < 1.29 is 32.8 Å². The average Bonchev–Trinajstić information content (AvgIpc) is 2.79. The number of nitro groups is 1. The summed E-state index contributed by atoms with van der Waals surface area (Å²) >= 11 is 5.96. The van der Waals surface area contributed by atoms with Gasteiger partial charge >= 0.3 is 5.97 Å². The standard InChI is InChI=1S/C22H14ClF2N3O6/c23-16-10-13(28(32)33)6-7-14(16)21(30)27-18-4-2-1-3-15(18)22(31)34-11-20(29)26-19-8-5-12(24)9-17(19)25/h1-10H,11H2,(H,26,29)(H,27,30). The molecule has 0 fully saturated rings. The van der Waals surface area contributed by atoms with Gasteiger partial charge in [-0.15, -0.1) is 0 Å². The lowest BCUT2D eigenvalue weighted by atomic mass is 10.1. The third-order valence-electron chi connectivity index (χ3n) is 4.34. The largest absolute Gasteiger partial charge is 0.452 e. The minimum Gasteiger partial charge on any atom is -0.452 e. The van der Waals surface area contributed by atoms with Crippen LogP contribution in [0.15, 0.2) is 60.7 Å². The van der Waals surface area contributed by atoms with Gasteiger partial charge in [-0.05, 0) is 30.3 Å². The van der Waals surface area contributed by atoms with Crippen LogP contribution in [0.3, 0.4) is 0 Å². The van der Waals surface area contributed by atoms with E-state index in [4.69, 9.17) is 16.3 Å². The van der Waals surface area contributed by atoms with Crippen molar-refractivity contribution in [2.24, 2.45) is 0 Å². The summed E-state index contributed by atoms with van der Waals surface area (Å²) in [7, 11) is 0. The molecule has 3 aromatic rings. The van der Waals surface area contributed by atoms with E-state index in [9.17, 15) is 33.3 Å². The van der Waals surface area contributed by atoms with Gasteiger partial charge < -0.3 is 15.4 Å². The zero-order valence-electron chi connectivity index (χ0n) is 17.0. The van der Waals surface area contributed by atoms with Crippen molar-refractivity contribution in [3.05, 3.63) is 98.6 Å². The van der Waals surface area contributed by atoms with Crippen molar-refractivity contribution in [3.63, 3.8) is 0 Å². The predicted octanol–water partition coefficient (Wildman–Crippen LogP) is 4.57. The van der Waals surface area contributed by atoms with E-state index in [1.165, 1.54) is 24.3 Å². The van der Waals surface area contributed by atoms with Crippen LogP contribution >= 0.6 is 11.6 Å². The third kappa shape index (κ3) is 5.90. The van der Waals surface area contributed by atoms with Gasteiger partial charge in [0.25, 0.3) is 17.5 Å². The average molecular weight is 490 g/mol. The fourth-order valence-corrected chi connectivity index (χ4v) is 3.01. The first-order valence-electron chi connectivity index (χ1n) is 9.42. The number of halogens is 3. The number of para-hydroxylation sites is 1. The smallest absolute Gasteiger partial charge is 0.340 e. The van der Waals surface area contributed by atoms with E-state index >= 15 is 0 Å². The Kier molecular flexibility index (Phi) is 7.49. The summed E-state index contributed by atoms with van der Waals surface area (Å²) in [5, 5.41) is 15.2. The predicted molar refractivity (Wildman–Crippen MR) is 118 cm³/mol. The molecule has 0 saturated carbocycles. The maximum absolute atomic E-state index is 13.6. The highest BCUT2D eigenvalue weighted by molar-refractivity contribution is 6.34. The molecule has 0 unspecified atom stereocenters. The number of amides is 2. The molecule has 2 amide bonds. The molecular weight excluding hydrogens is 476 g/mol. The highest BCUT2D eigenvalue weighted by atomic mass is 35.5. The molecule has 0 radical (unpaired) electrons. The van der Waals surface area contributed by atoms with Gasteiger partial charge in [-0.2, -0.15) is 0 Å². The molecule has 0 aliphatic rings. The first-order chi connectivity index (χ1) is 16.2. The first kappa shape index (κ1) is 24.3. The van der Waals surface area contributed by atoms with Crippen molar-refractivity contribution in [2.45, 2.75) is 0 Å². The molecule has 0 bridgehead atoms. The highest BCUT2D eigenvalue weighted by Gasteiger charge is 2.19. The Morgan fingerprint density at radius 1 is 0.941 bits per heavy atom. The number of carbonyl (C=O) groups is 3. The summed E-state index contributed by atoms with van der Waals surface area (Å²) in [5.41, 5.74) is -0.748. The summed E-state index contributed by atoms with van der Waals surface area (Å²) < 4.78 is 31.5. The van der Waals surface area contributed by atoms with E-state index < -0.39 is 40.9 Å². The molecule has 0 atom stereocenters. The van der Waals surface area contributed by atoms with Crippen LogP contribution in [-0.2, 0) is 9.53 Å². The quantitative estimate of drug-likeness (QED) is 0.284. The number of hydrogen-bond donors (Lipinski definition) is 2. The molecule has 0 aliphatic carbocycles. The fourth-order valence-electron chi connectivity index (χ4n) is 2.75. The normalized spacial score (nSPS) is 10.3. The lowest BCUT2D eigenvalue weighted by Gasteiger charge is -2.12. The Morgan fingerprint density at radius 3 is 2.35 bits per heavy atom. The number of benzene rings is 3. The van der Waals surface area contributed by atoms with Crippen molar-refractivity contribution in [1.29, 1.82) is 0 Å². The summed E-state index contributed by atoms with van der Waals surface area (Å²) in [4.78, 5) is 47.2. The van der Waals surface area contributed by atoms with E-state index in [2.05, 4.69) is 10.6 Å². The molecule has 34 heavy (non-hydrogen) atoms. The minimum atomic E-state index is -1.00. The number of esters is 1. The maximum atomic E-state index is 13.6. The number of ether oxygens (including phenoxy) is 1. The van der Waals surface area contributed by atoms with E-state index in [1.54, 1.807) is 0 Å². The van der Waals surface area contributed by atoms with E-state index in [0.717, 1.165) is 30.3 Å². The van der Waals surface area contributed by atoms with Crippen LogP contribution in [0.4, 0.5) is 25.8 Å². The number of nitrogens with one attached hydrogen (secondary N) is 2. The first-order valence-corrected chi connectivity index (χ1v) is 9.80. The molecule has 0 aromatic heterocycles. The van der Waals surface area contributed by atoms with E-state index in [0.29, 0.717) is 6.07 Å². The van der Waals surface area contributed by atoms with Gasteiger partial charge in [0.05, 0.1) is 32.4 Å². The summed E-state index contributed by atoms with van der Waals surface area (Å²) in [6, 6.07) is 11.5. The van der Waals surface area contributed by atoms with Gasteiger partial charge in [0.15, 0.2) is 6.61 Å². The Morgan fingerprint density at radius 2 is 1.68 bits per heavy atom. The SMILES string of the molecule is O=C(COC(=O)c1ccccc1NC(=O)c1ccc([N+](=O)[O-])cc1Cl)Nc1ccc(F)cc1F. The third-order valence-corrected chi connectivity index (χ3v) is 4.66. The lowest BCUT2D eigenvalue weighted by Crippen LogP contribution is -2.22. The lowest BCUT2D eigenvalue weighted by molar-refractivity contribution is -0.384. The molecule has 0 aliphatic heterocycles. The number of rotatable bonds is 7. The second-order valence-electron chi connectivity index (χ2n) is 6.67. The van der Waals surface area contributed by atoms with Gasteiger partial charge in [-0.1, -0.05) is 23.7 Å². The molecule has 0 spiro atoms. The van der Waals surface area contributed by atoms with E-state index in [-0.39, 0.29) is 33.2 Å². The zero-order valence-corrected chi connectivity index (χ0v) is 17.8. The highest BCUT2D eigenvalue weighted by Crippen LogP contribution is 2.24. The van der Waals surface area contributed by atoms with Crippen LogP contribution in [-0.4, -0.2) is 29.3 Å². The molecule has 0 saturated heterocycles. The molecule has 174 valence electrons. The van der Waals surface area contributed by atoms with Gasteiger partial charge in [-0.3, -0.25) is 19.7 Å². The van der Waals surface area contributed by atoms with E-state index in [1.807, 2.05) is 0 Å². The summed E-state index contributed by atoms with van der Waals surface area (Å²) in [6.45, 7) is -0.786. The van der Waals surface area contributed by atoms with Crippen LogP contribution in [0.25, 0.3) is 0 Å². The second kappa shape index (κ2) is 10.5.